The van der Waals surface area contributed by atoms with E-state index >= 15 is 0 Å². The van der Waals surface area contributed by atoms with Crippen LogP contribution < -0.4 is 10.1 Å². The average molecular weight is 663 g/mol. The van der Waals surface area contributed by atoms with Crippen LogP contribution in [-0.2, 0) is 29.0 Å². The summed E-state index contributed by atoms with van der Waals surface area (Å²) in [7, 11) is -3.30. The Labute approximate surface area is 266 Å². The highest BCUT2D eigenvalue weighted by molar-refractivity contribution is 7.91. The van der Waals surface area contributed by atoms with Crippen molar-refractivity contribution in [3.05, 3.63) is 42.1 Å². The first-order valence-electron chi connectivity index (χ1n) is 14.9. The van der Waals surface area contributed by atoms with Crippen molar-refractivity contribution in [3.8, 4) is 11.6 Å². The number of sulfone groups is 1. The first-order chi connectivity index (χ1) is 21.9. The minimum Gasteiger partial charge on any atom is -0.481 e. The molecular weight excluding hydrogens is 624 g/mol. The molecule has 0 aliphatic carbocycles. The smallest absolute Gasteiger partial charge is 0.409 e. The quantitative estimate of drug-likeness (QED) is 0.314. The maximum atomic E-state index is 13.4. The van der Waals surface area contributed by atoms with Crippen molar-refractivity contribution in [1.82, 2.24) is 29.8 Å². The van der Waals surface area contributed by atoms with E-state index in [9.17, 15) is 37.5 Å². The zero-order valence-electron chi connectivity index (χ0n) is 25.7. The van der Waals surface area contributed by atoms with Crippen LogP contribution in [0.3, 0.4) is 0 Å². The summed E-state index contributed by atoms with van der Waals surface area (Å²) in [5.74, 6) is -2.79. The maximum absolute atomic E-state index is 13.4. The number of para-hydroxylation sites is 1. The Hall–Kier alpha value is -4.67. The number of hydrogen-bond acceptors (Lipinski definition) is 10. The number of aliphatic carboxylic acids is 1. The second-order valence-electron chi connectivity index (χ2n) is 11.0. The number of amides is 4. The van der Waals surface area contributed by atoms with E-state index in [4.69, 9.17) is 9.47 Å². The van der Waals surface area contributed by atoms with Crippen LogP contribution in [0.1, 0.15) is 36.7 Å². The fourth-order valence-corrected chi connectivity index (χ4v) is 6.15. The highest BCUT2D eigenvalue weighted by atomic mass is 32.2. The second-order valence-corrected chi connectivity index (χ2v) is 13.3. The van der Waals surface area contributed by atoms with E-state index in [1.54, 1.807) is 37.3 Å². The predicted octanol–water partition coefficient (Wildman–Crippen LogP) is 0.161. The number of likely N-dealkylation sites (tertiary alicyclic amines) is 1. The summed E-state index contributed by atoms with van der Waals surface area (Å²) < 4.78 is 35.9. The molecule has 2 N–H and O–H groups in total. The summed E-state index contributed by atoms with van der Waals surface area (Å²) in [5.41, 5.74) is 0.366. The Morgan fingerprint density at radius 1 is 1.02 bits per heavy atom. The van der Waals surface area contributed by atoms with Crippen molar-refractivity contribution in [2.45, 2.75) is 37.5 Å². The molecule has 1 unspecified atom stereocenters. The van der Waals surface area contributed by atoms with Gasteiger partial charge in [-0.3, -0.25) is 19.2 Å². The third-order valence-electron chi connectivity index (χ3n) is 7.72. The van der Waals surface area contributed by atoms with Crippen molar-refractivity contribution >= 4 is 39.6 Å². The van der Waals surface area contributed by atoms with Crippen LogP contribution in [0.15, 0.2) is 36.4 Å². The lowest BCUT2D eigenvalue weighted by atomic mass is 10.1. The summed E-state index contributed by atoms with van der Waals surface area (Å²) in [6, 6.07) is 8.78. The molecule has 2 aliphatic rings. The summed E-state index contributed by atoms with van der Waals surface area (Å²) in [4.78, 5) is 67.4. The fourth-order valence-electron chi connectivity index (χ4n) is 5.17. The van der Waals surface area contributed by atoms with Gasteiger partial charge >= 0.3 is 12.1 Å². The molecule has 4 amide bonds. The lowest BCUT2D eigenvalue weighted by Gasteiger charge is -2.35. The Balaban J connectivity index is 1.48. The van der Waals surface area contributed by atoms with Crippen molar-refractivity contribution < 1.29 is 47.0 Å². The first-order valence-corrected chi connectivity index (χ1v) is 16.8. The van der Waals surface area contributed by atoms with Gasteiger partial charge < -0.3 is 34.6 Å². The van der Waals surface area contributed by atoms with Gasteiger partial charge in [0.05, 0.1) is 17.5 Å². The number of aromatic nitrogens is 2. The number of carboxylic acid groups (broad SMARTS) is 1. The van der Waals surface area contributed by atoms with Crippen LogP contribution in [0.25, 0.3) is 5.69 Å². The Morgan fingerprint density at radius 2 is 1.70 bits per heavy atom. The average Bonchev–Trinajstić information content (AvgIpc) is 3.71. The molecule has 0 bridgehead atoms. The topological polar surface area (TPSA) is 198 Å². The first kappa shape index (κ1) is 34.2. The summed E-state index contributed by atoms with van der Waals surface area (Å²) in [6.45, 7) is 2.60. The summed E-state index contributed by atoms with van der Waals surface area (Å²) in [5, 5.41) is 15.6. The van der Waals surface area contributed by atoms with Crippen LogP contribution in [0, 0.1) is 0 Å². The number of hydrogen-bond donors (Lipinski definition) is 2. The molecule has 4 rings (SSSR count). The SMILES string of the molecule is CCOC(=O)N1CCN(C(=O)C(CCC(=O)O)NC(=O)c2cc(OCC(=O)N3CC[C@H](S(C)(=O)=O)C3)n(-c3ccccc3)n2)CC1. The molecule has 16 nitrogen and oxygen atoms in total. The van der Waals surface area contributed by atoms with Gasteiger partial charge in [0, 0.05) is 58.0 Å². The fraction of sp³-hybridized carbons (Fsp3) is 0.517. The molecule has 2 atom stereocenters. The number of rotatable bonds is 12. The molecule has 2 saturated heterocycles. The van der Waals surface area contributed by atoms with Gasteiger partial charge in [0.2, 0.25) is 11.8 Å². The number of nitrogens with one attached hydrogen (secondary N) is 1. The standard InChI is InChI=1S/C29H38N6O10S/c1-3-44-29(41)33-15-13-32(14-16-33)28(40)22(9-10-26(37)38)30-27(39)23-17-25(35(31-23)20-7-5-4-6-8-20)45-19-24(36)34-12-11-21(18-34)46(2,42)43/h4-8,17,21-22H,3,9-16,18-19H2,1-2H3,(H,30,39)(H,37,38)/t21-,22?/m0/s1. The molecule has 0 radical (unpaired) electrons. The van der Waals surface area contributed by atoms with Gasteiger partial charge in [-0.05, 0) is 31.9 Å². The molecule has 2 aromatic rings. The van der Waals surface area contributed by atoms with Crippen LogP contribution >= 0.6 is 0 Å². The van der Waals surface area contributed by atoms with Gasteiger partial charge in [0.15, 0.2) is 22.1 Å². The Kier molecular flexibility index (Phi) is 11.2. The zero-order valence-corrected chi connectivity index (χ0v) is 26.5. The van der Waals surface area contributed by atoms with E-state index in [0.29, 0.717) is 12.1 Å². The number of carbonyl (C=O) groups excluding carboxylic acids is 4. The zero-order chi connectivity index (χ0) is 33.4. The van der Waals surface area contributed by atoms with Gasteiger partial charge in [-0.2, -0.15) is 5.10 Å². The number of ether oxygens (including phenoxy) is 2. The van der Waals surface area contributed by atoms with E-state index in [0.717, 1.165) is 6.26 Å². The van der Waals surface area contributed by atoms with E-state index in [-0.39, 0.29) is 70.3 Å². The van der Waals surface area contributed by atoms with E-state index in [2.05, 4.69) is 10.4 Å². The molecule has 3 heterocycles. The van der Waals surface area contributed by atoms with E-state index in [1.165, 1.54) is 25.4 Å². The Morgan fingerprint density at radius 3 is 2.30 bits per heavy atom. The molecule has 0 saturated carbocycles. The van der Waals surface area contributed by atoms with Gasteiger partial charge in [-0.1, -0.05) is 18.2 Å². The highest BCUT2D eigenvalue weighted by Gasteiger charge is 2.34. The molecule has 0 spiro atoms. The van der Waals surface area contributed by atoms with Gasteiger partial charge in [0.25, 0.3) is 11.8 Å². The van der Waals surface area contributed by atoms with Crippen LogP contribution in [0.2, 0.25) is 0 Å². The summed E-state index contributed by atoms with van der Waals surface area (Å²) in [6.07, 6.45) is 0.418. The number of carboxylic acids is 1. The summed E-state index contributed by atoms with van der Waals surface area (Å²) >= 11 is 0. The minimum absolute atomic E-state index is 0.0482. The number of carbonyl (C=O) groups is 5. The number of nitrogens with zero attached hydrogens (tertiary/aromatic N) is 5. The monoisotopic (exact) mass is 662 g/mol. The number of piperazine rings is 1. The van der Waals surface area contributed by atoms with Crippen molar-refractivity contribution in [1.29, 1.82) is 0 Å². The van der Waals surface area contributed by atoms with Gasteiger partial charge in [-0.15, -0.1) is 0 Å². The van der Waals surface area contributed by atoms with Crippen LogP contribution in [0.4, 0.5) is 4.79 Å². The van der Waals surface area contributed by atoms with E-state index < -0.39 is 57.5 Å². The van der Waals surface area contributed by atoms with Crippen molar-refractivity contribution in [2.75, 3.05) is 58.7 Å². The molecular formula is C29H38N6O10S. The predicted molar refractivity (Wildman–Crippen MR) is 162 cm³/mol. The van der Waals surface area contributed by atoms with Crippen LogP contribution in [0.5, 0.6) is 5.88 Å². The molecule has 2 aliphatic heterocycles. The molecule has 1 aromatic carbocycles. The lowest BCUT2D eigenvalue weighted by Crippen LogP contribution is -2.56. The number of benzene rings is 1. The van der Waals surface area contributed by atoms with Gasteiger partial charge in [0.1, 0.15) is 6.04 Å². The molecule has 1 aromatic heterocycles. The Bertz CT molecular complexity index is 1540. The van der Waals surface area contributed by atoms with E-state index in [1.807, 2.05) is 0 Å². The third-order valence-corrected chi connectivity index (χ3v) is 9.32. The largest absolute Gasteiger partial charge is 0.481 e. The molecule has 250 valence electrons. The highest BCUT2D eigenvalue weighted by Crippen LogP contribution is 2.21. The van der Waals surface area contributed by atoms with Crippen molar-refractivity contribution in [2.24, 2.45) is 0 Å². The van der Waals surface area contributed by atoms with Crippen LogP contribution in [-0.4, -0.2) is 138 Å². The normalized spacial score (nSPS) is 17.3. The molecule has 2 fully saturated rings. The van der Waals surface area contributed by atoms with Crippen molar-refractivity contribution in [3.63, 3.8) is 0 Å². The molecule has 17 heteroatoms. The minimum atomic E-state index is -3.30. The van der Waals surface area contributed by atoms with Gasteiger partial charge in [-0.25, -0.2) is 17.9 Å². The third kappa shape index (κ3) is 8.74. The maximum Gasteiger partial charge on any atom is 0.409 e. The second kappa shape index (κ2) is 15.1. The lowest BCUT2D eigenvalue weighted by molar-refractivity contribution is -0.138. The molecule has 46 heavy (non-hydrogen) atoms.